The van der Waals surface area contributed by atoms with Crippen LogP contribution in [0, 0.1) is 0 Å². The molecule has 0 unspecified atom stereocenters. The Labute approximate surface area is 180 Å². The summed E-state index contributed by atoms with van der Waals surface area (Å²) in [7, 11) is 3.28. The van der Waals surface area contributed by atoms with Crippen LogP contribution >= 0.6 is 0 Å². The molecule has 2 aromatic rings. The maximum Gasteiger partial charge on any atom is 0.222 e. The molecule has 2 aromatic carbocycles. The lowest BCUT2D eigenvalue weighted by Gasteiger charge is -2.22. The predicted molar refractivity (Wildman–Crippen MR) is 120 cm³/mol. The summed E-state index contributed by atoms with van der Waals surface area (Å²) < 4.78 is 10.9. The van der Waals surface area contributed by atoms with Crippen LogP contribution in [0.2, 0.25) is 0 Å². The van der Waals surface area contributed by atoms with Gasteiger partial charge in [-0.25, -0.2) is 0 Å². The Morgan fingerprint density at radius 3 is 2.50 bits per heavy atom. The summed E-state index contributed by atoms with van der Waals surface area (Å²) in [5.74, 6) is 1.67. The Hall–Kier alpha value is -2.53. The number of methoxy groups -OCH3 is 2. The quantitative estimate of drug-likeness (QED) is 0.631. The maximum absolute atomic E-state index is 12.8. The Bertz CT molecular complexity index is 794. The maximum atomic E-state index is 12.8. The van der Waals surface area contributed by atoms with Crippen LogP contribution in [0.1, 0.15) is 30.4 Å². The minimum Gasteiger partial charge on any atom is -0.493 e. The Kier molecular flexibility index (Phi) is 8.57. The first-order valence-electron chi connectivity index (χ1n) is 10.9. The van der Waals surface area contributed by atoms with Crippen molar-refractivity contribution in [3.05, 3.63) is 59.7 Å². The third-order valence-electron chi connectivity index (χ3n) is 5.82. The van der Waals surface area contributed by atoms with Crippen molar-refractivity contribution in [3.8, 4) is 11.5 Å². The van der Waals surface area contributed by atoms with Crippen molar-refractivity contribution in [2.75, 3.05) is 46.9 Å². The van der Waals surface area contributed by atoms with Gasteiger partial charge in [0.1, 0.15) is 0 Å². The van der Waals surface area contributed by atoms with Gasteiger partial charge in [-0.1, -0.05) is 42.5 Å². The van der Waals surface area contributed by atoms with E-state index in [9.17, 15) is 4.79 Å². The summed E-state index contributed by atoms with van der Waals surface area (Å²) in [6.45, 7) is 4.80. The van der Waals surface area contributed by atoms with E-state index in [1.807, 2.05) is 23.1 Å². The highest BCUT2D eigenvalue weighted by molar-refractivity contribution is 5.76. The Morgan fingerprint density at radius 2 is 1.73 bits per heavy atom. The lowest BCUT2D eigenvalue weighted by atomic mass is 10.1. The molecule has 1 aliphatic rings. The molecule has 1 amide bonds. The van der Waals surface area contributed by atoms with Crippen LogP contribution in [0.3, 0.4) is 0 Å². The van der Waals surface area contributed by atoms with Crippen LogP contribution in [0.25, 0.3) is 0 Å². The van der Waals surface area contributed by atoms with Crippen LogP contribution in [0.5, 0.6) is 11.5 Å². The molecule has 162 valence electrons. The van der Waals surface area contributed by atoms with Crippen LogP contribution in [0.4, 0.5) is 0 Å². The van der Waals surface area contributed by atoms with Crippen molar-refractivity contribution in [2.45, 2.75) is 32.1 Å². The monoisotopic (exact) mass is 410 g/mol. The highest BCUT2D eigenvalue weighted by atomic mass is 16.5. The van der Waals surface area contributed by atoms with E-state index in [-0.39, 0.29) is 5.91 Å². The number of carbonyl (C=O) groups excluding carboxylic acids is 1. The van der Waals surface area contributed by atoms with Gasteiger partial charge in [-0.05, 0) is 56.0 Å². The molecule has 3 rings (SSSR count). The van der Waals surface area contributed by atoms with Gasteiger partial charge in [0.05, 0.1) is 14.2 Å². The van der Waals surface area contributed by atoms with Crippen LogP contribution in [0.15, 0.2) is 48.5 Å². The molecule has 0 N–H and O–H groups in total. The summed E-state index contributed by atoms with van der Waals surface area (Å²) in [4.78, 5) is 17.4. The molecule has 1 aliphatic heterocycles. The summed E-state index contributed by atoms with van der Waals surface area (Å²) in [6.07, 6.45) is 4.48. The van der Waals surface area contributed by atoms with E-state index in [1.165, 1.54) is 5.56 Å². The zero-order valence-corrected chi connectivity index (χ0v) is 18.3. The van der Waals surface area contributed by atoms with E-state index in [0.717, 1.165) is 63.3 Å². The van der Waals surface area contributed by atoms with E-state index >= 15 is 0 Å². The van der Waals surface area contributed by atoms with Crippen LogP contribution < -0.4 is 9.47 Å². The molecular weight excluding hydrogens is 376 g/mol. The van der Waals surface area contributed by atoms with E-state index in [2.05, 4.69) is 35.2 Å². The number of hydrogen-bond acceptors (Lipinski definition) is 4. The van der Waals surface area contributed by atoms with Gasteiger partial charge >= 0.3 is 0 Å². The summed E-state index contributed by atoms with van der Waals surface area (Å²) in [6, 6.07) is 16.5. The molecule has 0 aromatic heterocycles. The zero-order valence-electron chi connectivity index (χ0n) is 18.3. The third-order valence-corrected chi connectivity index (χ3v) is 5.82. The van der Waals surface area contributed by atoms with Crippen LogP contribution in [-0.2, 0) is 17.6 Å². The fourth-order valence-corrected chi connectivity index (χ4v) is 4.15. The minimum absolute atomic E-state index is 0.228. The summed E-state index contributed by atoms with van der Waals surface area (Å²) >= 11 is 0. The van der Waals surface area contributed by atoms with E-state index in [1.54, 1.807) is 14.2 Å². The molecule has 0 atom stereocenters. The summed E-state index contributed by atoms with van der Waals surface area (Å²) in [5, 5.41) is 0. The number of benzene rings is 2. The lowest BCUT2D eigenvalue weighted by molar-refractivity contribution is -0.131. The van der Waals surface area contributed by atoms with Crippen LogP contribution in [-0.4, -0.2) is 62.7 Å². The number of hydrogen-bond donors (Lipinski definition) is 0. The van der Waals surface area contributed by atoms with Gasteiger partial charge in [0.2, 0.25) is 5.91 Å². The van der Waals surface area contributed by atoms with Gasteiger partial charge < -0.3 is 19.3 Å². The highest BCUT2D eigenvalue weighted by Crippen LogP contribution is 2.31. The van der Waals surface area contributed by atoms with Gasteiger partial charge in [0.25, 0.3) is 0 Å². The predicted octanol–water partition coefficient (Wildman–Crippen LogP) is 3.80. The fourth-order valence-electron chi connectivity index (χ4n) is 4.15. The van der Waals surface area contributed by atoms with Gasteiger partial charge in [-0.15, -0.1) is 0 Å². The van der Waals surface area contributed by atoms with E-state index in [4.69, 9.17) is 9.47 Å². The first-order valence-corrected chi connectivity index (χ1v) is 10.9. The van der Waals surface area contributed by atoms with Crippen molar-refractivity contribution in [1.29, 1.82) is 0 Å². The molecule has 0 spiro atoms. The van der Waals surface area contributed by atoms with Gasteiger partial charge in [-0.2, -0.15) is 0 Å². The van der Waals surface area contributed by atoms with E-state index < -0.39 is 0 Å². The lowest BCUT2D eigenvalue weighted by Crippen LogP contribution is -2.35. The molecule has 0 bridgehead atoms. The minimum atomic E-state index is 0.228. The normalized spacial score (nSPS) is 14.9. The smallest absolute Gasteiger partial charge is 0.222 e. The number of para-hydroxylation sites is 1. The molecule has 0 saturated carbocycles. The van der Waals surface area contributed by atoms with Crippen molar-refractivity contribution in [2.24, 2.45) is 0 Å². The number of aryl methyl sites for hydroxylation is 2. The topological polar surface area (TPSA) is 42.0 Å². The van der Waals surface area contributed by atoms with E-state index in [0.29, 0.717) is 18.6 Å². The molecule has 0 aliphatic carbocycles. The van der Waals surface area contributed by atoms with Crippen molar-refractivity contribution in [1.82, 2.24) is 9.80 Å². The first kappa shape index (κ1) is 22.2. The zero-order chi connectivity index (χ0) is 21.2. The molecule has 5 nitrogen and oxygen atoms in total. The molecule has 30 heavy (non-hydrogen) atoms. The average molecular weight is 411 g/mol. The van der Waals surface area contributed by atoms with Crippen molar-refractivity contribution < 1.29 is 14.3 Å². The van der Waals surface area contributed by atoms with Gasteiger partial charge in [0, 0.05) is 26.1 Å². The first-order chi connectivity index (χ1) is 14.7. The van der Waals surface area contributed by atoms with Gasteiger partial charge in [0.15, 0.2) is 11.5 Å². The number of nitrogens with zero attached hydrogens (tertiary/aromatic N) is 2. The van der Waals surface area contributed by atoms with Gasteiger partial charge in [-0.3, -0.25) is 4.79 Å². The standard InChI is InChI=1S/C25H34N2O3/c1-29-23-13-6-12-22(25(23)30-2)14-15-24(28)27-18-8-17-26(19-20-27)16-7-11-21-9-4-3-5-10-21/h3-6,9-10,12-13H,7-8,11,14-20H2,1-2H3. The second-order valence-corrected chi connectivity index (χ2v) is 7.82. The van der Waals surface area contributed by atoms with Crippen molar-refractivity contribution >= 4 is 5.91 Å². The average Bonchev–Trinajstić information content (AvgIpc) is 3.03. The SMILES string of the molecule is COc1cccc(CCC(=O)N2CCCN(CCCc3ccccc3)CC2)c1OC. The fraction of sp³-hybridized carbons (Fsp3) is 0.480. The largest absolute Gasteiger partial charge is 0.493 e. The number of rotatable bonds is 9. The second-order valence-electron chi connectivity index (χ2n) is 7.82. The summed E-state index contributed by atoms with van der Waals surface area (Å²) in [5.41, 5.74) is 2.42. The molecule has 5 heteroatoms. The Balaban J connectivity index is 1.44. The number of carbonyl (C=O) groups is 1. The molecule has 1 saturated heterocycles. The molecular formula is C25H34N2O3. The van der Waals surface area contributed by atoms with Crippen molar-refractivity contribution in [3.63, 3.8) is 0 Å². The number of ether oxygens (including phenoxy) is 2. The third kappa shape index (κ3) is 6.23. The molecule has 1 heterocycles. The number of amides is 1. The highest BCUT2D eigenvalue weighted by Gasteiger charge is 2.19. The molecule has 1 fully saturated rings. The molecule has 0 radical (unpaired) electrons. The Morgan fingerprint density at radius 1 is 0.900 bits per heavy atom. The second kappa shape index (κ2) is 11.6.